The number of carbonyl (C=O) groups excluding carboxylic acids is 3. The lowest BCUT2D eigenvalue weighted by Gasteiger charge is -2.27. The zero-order valence-electron chi connectivity index (χ0n) is 8.72. The number of carbonyl (C=O) groups is 3. The van der Waals surface area contributed by atoms with Crippen LogP contribution in [0.2, 0.25) is 0 Å². The molecular weight excluding hydrogens is 180 g/mol. The molecule has 0 amide bonds. The summed E-state index contributed by atoms with van der Waals surface area (Å²) >= 11 is 0. The maximum atomic E-state index is 11.2. The molecular formula is C11H14O3. The third-order valence-electron chi connectivity index (χ3n) is 2.89. The van der Waals surface area contributed by atoms with Crippen LogP contribution in [0.15, 0.2) is 11.6 Å². The van der Waals surface area contributed by atoms with Gasteiger partial charge >= 0.3 is 0 Å². The first kappa shape index (κ1) is 10.8. The molecule has 0 saturated heterocycles. The first-order chi connectivity index (χ1) is 6.38. The van der Waals surface area contributed by atoms with Crippen LogP contribution in [0.1, 0.15) is 33.6 Å². The highest BCUT2D eigenvalue weighted by atomic mass is 16.2. The van der Waals surface area contributed by atoms with Crippen LogP contribution in [0.3, 0.4) is 0 Å². The fourth-order valence-electron chi connectivity index (χ4n) is 1.33. The van der Waals surface area contributed by atoms with Gasteiger partial charge in [0.25, 0.3) is 5.78 Å². The molecule has 0 aromatic heterocycles. The van der Waals surface area contributed by atoms with Crippen LogP contribution in [0, 0.1) is 5.41 Å². The monoisotopic (exact) mass is 194 g/mol. The van der Waals surface area contributed by atoms with Crippen LogP contribution in [-0.4, -0.2) is 17.3 Å². The molecule has 3 heteroatoms. The van der Waals surface area contributed by atoms with Crippen LogP contribution in [0.5, 0.6) is 0 Å². The standard InChI is InChI=1S/C11H14O3/c1-4-11(2,3)7-5-8(12)10(14)9(13)6-7/h5H,4,6H2,1-3H3. The van der Waals surface area contributed by atoms with Crippen LogP contribution in [0.4, 0.5) is 0 Å². The summed E-state index contributed by atoms with van der Waals surface area (Å²) in [5.41, 5.74) is 0.598. The molecule has 0 unspecified atom stereocenters. The third-order valence-corrected chi connectivity index (χ3v) is 2.89. The van der Waals surface area contributed by atoms with Crippen molar-refractivity contribution in [2.24, 2.45) is 5.41 Å². The number of Topliss-reactive ketones (excluding diaryl/α,β-unsaturated/α-hetero) is 2. The van der Waals surface area contributed by atoms with Crippen LogP contribution >= 0.6 is 0 Å². The second-order valence-electron chi connectivity index (χ2n) is 4.20. The smallest absolute Gasteiger partial charge is 0.268 e. The van der Waals surface area contributed by atoms with Gasteiger partial charge in [0.05, 0.1) is 0 Å². The molecule has 14 heavy (non-hydrogen) atoms. The molecule has 0 fully saturated rings. The molecule has 0 bridgehead atoms. The Bertz CT molecular complexity index is 334. The van der Waals surface area contributed by atoms with Crippen molar-refractivity contribution in [1.29, 1.82) is 0 Å². The predicted octanol–water partition coefficient (Wildman–Crippen LogP) is 1.46. The highest BCUT2D eigenvalue weighted by Gasteiger charge is 2.33. The lowest BCUT2D eigenvalue weighted by molar-refractivity contribution is -0.142. The Morgan fingerprint density at radius 3 is 2.29 bits per heavy atom. The molecule has 1 rings (SSSR count). The fraction of sp³-hybridized carbons (Fsp3) is 0.545. The van der Waals surface area contributed by atoms with E-state index in [0.29, 0.717) is 0 Å². The van der Waals surface area contributed by atoms with E-state index in [1.165, 1.54) is 6.08 Å². The van der Waals surface area contributed by atoms with Gasteiger partial charge in [-0.3, -0.25) is 14.4 Å². The third kappa shape index (κ3) is 1.81. The van der Waals surface area contributed by atoms with Gasteiger partial charge in [-0.25, -0.2) is 0 Å². The molecule has 0 heterocycles. The van der Waals surface area contributed by atoms with Crippen molar-refractivity contribution in [1.82, 2.24) is 0 Å². The Labute approximate surface area is 83.2 Å². The van der Waals surface area contributed by atoms with Crippen molar-refractivity contribution in [3.63, 3.8) is 0 Å². The molecule has 1 aliphatic rings. The Morgan fingerprint density at radius 1 is 1.29 bits per heavy atom. The Hall–Kier alpha value is -1.25. The second kappa shape index (κ2) is 3.48. The summed E-state index contributed by atoms with van der Waals surface area (Å²) in [6, 6.07) is 0. The van der Waals surface area contributed by atoms with E-state index in [9.17, 15) is 14.4 Å². The van der Waals surface area contributed by atoms with Gasteiger partial charge in [0.2, 0.25) is 11.6 Å². The summed E-state index contributed by atoms with van der Waals surface area (Å²) in [6.07, 6.45) is 2.27. The maximum absolute atomic E-state index is 11.2. The van der Waals surface area contributed by atoms with E-state index < -0.39 is 17.3 Å². The molecule has 3 nitrogen and oxygen atoms in total. The van der Waals surface area contributed by atoms with Gasteiger partial charge in [-0.2, -0.15) is 0 Å². The lowest BCUT2D eigenvalue weighted by Crippen LogP contribution is -2.31. The summed E-state index contributed by atoms with van der Waals surface area (Å²) in [7, 11) is 0. The molecule has 0 aromatic rings. The van der Waals surface area contributed by atoms with Crippen molar-refractivity contribution in [3.8, 4) is 0 Å². The zero-order chi connectivity index (χ0) is 10.9. The molecule has 0 aliphatic heterocycles. The Balaban J connectivity index is 3.04. The normalized spacial score (nSPS) is 18.5. The van der Waals surface area contributed by atoms with Crippen LogP contribution < -0.4 is 0 Å². The van der Waals surface area contributed by atoms with E-state index in [-0.39, 0.29) is 11.8 Å². The minimum Gasteiger partial charge on any atom is -0.290 e. The summed E-state index contributed by atoms with van der Waals surface area (Å²) in [6.45, 7) is 5.93. The molecule has 0 N–H and O–H groups in total. The van der Waals surface area contributed by atoms with Crippen LogP contribution in [0.25, 0.3) is 0 Å². The number of hydrogen-bond acceptors (Lipinski definition) is 3. The molecule has 0 atom stereocenters. The van der Waals surface area contributed by atoms with Gasteiger partial charge in [-0.15, -0.1) is 0 Å². The number of hydrogen-bond donors (Lipinski definition) is 0. The molecule has 0 aromatic carbocycles. The van der Waals surface area contributed by atoms with E-state index in [1.807, 2.05) is 20.8 Å². The average Bonchev–Trinajstić information content (AvgIpc) is 2.13. The number of ketones is 3. The molecule has 0 radical (unpaired) electrons. The van der Waals surface area contributed by atoms with E-state index in [4.69, 9.17) is 0 Å². The number of rotatable bonds is 2. The average molecular weight is 194 g/mol. The molecule has 0 saturated carbocycles. The van der Waals surface area contributed by atoms with E-state index in [0.717, 1.165) is 12.0 Å². The van der Waals surface area contributed by atoms with Crippen molar-refractivity contribution >= 4 is 17.3 Å². The van der Waals surface area contributed by atoms with E-state index in [2.05, 4.69) is 0 Å². The lowest BCUT2D eigenvalue weighted by atomic mass is 9.76. The molecule has 76 valence electrons. The summed E-state index contributed by atoms with van der Waals surface area (Å²) in [4.78, 5) is 33.2. The second-order valence-corrected chi connectivity index (χ2v) is 4.20. The van der Waals surface area contributed by atoms with Gasteiger partial charge in [0.15, 0.2) is 0 Å². The molecule has 1 aliphatic carbocycles. The van der Waals surface area contributed by atoms with E-state index >= 15 is 0 Å². The van der Waals surface area contributed by atoms with Gasteiger partial charge in [0, 0.05) is 6.42 Å². The first-order valence-electron chi connectivity index (χ1n) is 4.71. The highest BCUT2D eigenvalue weighted by Crippen LogP contribution is 2.33. The summed E-state index contributed by atoms with van der Waals surface area (Å²) in [5, 5.41) is 0. The van der Waals surface area contributed by atoms with Crippen molar-refractivity contribution in [2.45, 2.75) is 33.6 Å². The van der Waals surface area contributed by atoms with Crippen LogP contribution in [-0.2, 0) is 14.4 Å². The minimum atomic E-state index is -0.874. The van der Waals surface area contributed by atoms with Gasteiger partial charge in [0.1, 0.15) is 0 Å². The SMILES string of the molecule is CCC(C)(C)C1=CC(=O)C(=O)C(=O)C1. The zero-order valence-corrected chi connectivity index (χ0v) is 8.72. The Morgan fingerprint density at radius 2 is 1.86 bits per heavy atom. The predicted molar refractivity (Wildman–Crippen MR) is 51.8 cm³/mol. The molecule has 0 spiro atoms. The van der Waals surface area contributed by atoms with Gasteiger partial charge < -0.3 is 0 Å². The van der Waals surface area contributed by atoms with Crippen molar-refractivity contribution < 1.29 is 14.4 Å². The van der Waals surface area contributed by atoms with E-state index in [1.54, 1.807) is 0 Å². The highest BCUT2D eigenvalue weighted by molar-refractivity contribution is 6.67. The van der Waals surface area contributed by atoms with Crippen molar-refractivity contribution in [2.75, 3.05) is 0 Å². The number of allylic oxidation sites excluding steroid dienone is 2. The fourth-order valence-corrected chi connectivity index (χ4v) is 1.33. The van der Waals surface area contributed by atoms with Crippen molar-refractivity contribution in [3.05, 3.63) is 11.6 Å². The largest absolute Gasteiger partial charge is 0.290 e. The maximum Gasteiger partial charge on any atom is 0.268 e. The topological polar surface area (TPSA) is 51.2 Å². The minimum absolute atomic E-state index is 0.103. The van der Waals surface area contributed by atoms with Gasteiger partial charge in [-0.1, -0.05) is 26.3 Å². The van der Waals surface area contributed by atoms with Gasteiger partial charge in [-0.05, 0) is 17.9 Å². The first-order valence-corrected chi connectivity index (χ1v) is 4.71. The quantitative estimate of drug-likeness (QED) is 0.625. The summed E-state index contributed by atoms with van der Waals surface area (Å²) < 4.78 is 0. The summed E-state index contributed by atoms with van der Waals surface area (Å²) in [5.74, 6) is -2.12. The Kier molecular flexibility index (Phi) is 2.69.